The van der Waals surface area contributed by atoms with Gasteiger partial charge in [0.25, 0.3) is 0 Å². The normalized spacial score (nSPS) is 24.4. The van der Waals surface area contributed by atoms with Crippen molar-refractivity contribution in [3.05, 3.63) is 59.4 Å². The second-order valence-corrected chi connectivity index (χ2v) is 11.4. The van der Waals surface area contributed by atoms with Gasteiger partial charge in [-0.15, -0.1) is 0 Å². The number of carbonyl (C=O) groups excluding carboxylic acids is 1. The van der Waals surface area contributed by atoms with Crippen LogP contribution in [0.1, 0.15) is 126 Å². The Balaban J connectivity index is 1.30. The molecule has 0 amide bonds. The molecule has 0 saturated heterocycles. The van der Waals surface area contributed by atoms with Gasteiger partial charge in [-0.05, 0) is 98.4 Å². The van der Waals surface area contributed by atoms with Crippen molar-refractivity contribution in [3.8, 4) is 11.1 Å². The maximum atomic E-state index is 15.1. The summed E-state index contributed by atoms with van der Waals surface area (Å²) in [6, 6.07) is 13.0. The van der Waals surface area contributed by atoms with Gasteiger partial charge < -0.3 is 4.74 Å². The quantitative estimate of drug-likeness (QED) is 0.244. The van der Waals surface area contributed by atoms with E-state index in [-0.39, 0.29) is 17.9 Å². The summed E-state index contributed by atoms with van der Waals surface area (Å²) in [4.78, 5) is 12.7. The van der Waals surface area contributed by atoms with Crippen molar-refractivity contribution in [3.63, 3.8) is 0 Å². The van der Waals surface area contributed by atoms with Crippen LogP contribution in [0.3, 0.4) is 0 Å². The number of benzene rings is 2. The van der Waals surface area contributed by atoms with Crippen molar-refractivity contribution in [2.75, 3.05) is 0 Å². The number of unbranched alkanes of at least 4 members (excludes halogenated alkanes) is 2. The third-order valence-electron chi connectivity index (χ3n) is 8.72. The van der Waals surface area contributed by atoms with Crippen LogP contribution in [0.5, 0.6) is 0 Å². The first-order valence-electron chi connectivity index (χ1n) is 14.7. The van der Waals surface area contributed by atoms with E-state index in [4.69, 9.17) is 4.74 Å². The molecule has 2 aliphatic carbocycles. The molecule has 2 nitrogen and oxygen atoms in total. The summed E-state index contributed by atoms with van der Waals surface area (Å²) in [6.45, 7) is 4.49. The molecule has 2 fully saturated rings. The molecular weight excluding hydrogens is 447 g/mol. The van der Waals surface area contributed by atoms with E-state index in [2.05, 4.69) is 19.9 Å². The molecule has 0 unspecified atom stereocenters. The lowest BCUT2D eigenvalue weighted by Crippen LogP contribution is -2.24. The third-order valence-corrected chi connectivity index (χ3v) is 8.72. The number of esters is 1. The second kappa shape index (κ2) is 13.4. The number of carbonyl (C=O) groups is 1. The average molecular weight is 493 g/mol. The molecule has 0 spiro atoms. The topological polar surface area (TPSA) is 26.3 Å². The van der Waals surface area contributed by atoms with Crippen LogP contribution in [0.4, 0.5) is 4.39 Å². The smallest absolute Gasteiger partial charge is 0.338 e. The average Bonchev–Trinajstić information content (AvgIpc) is 2.90. The van der Waals surface area contributed by atoms with E-state index < -0.39 is 0 Å². The van der Waals surface area contributed by atoms with Crippen molar-refractivity contribution < 1.29 is 13.9 Å². The van der Waals surface area contributed by atoms with Gasteiger partial charge in [0.05, 0.1) is 5.56 Å². The van der Waals surface area contributed by atoms with Gasteiger partial charge in [0.1, 0.15) is 11.9 Å². The van der Waals surface area contributed by atoms with E-state index in [0.717, 1.165) is 48.6 Å². The Kier molecular flexibility index (Phi) is 10.0. The monoisotopic (exact) mass is 492 g/mol. The molecule has 0 N–H and O–H groups in total. The van der Waals surface area contributed by atoms with Gasteiger partial charge in [-0.3, -0.25) is 0 Å². The second-order valence-electron chi connectivity index (χ2n) is 11.4. The minimum absolute atomic E-state index is 0.0293. The first-order chi connectivity index (χ1) is 17.6. The number of rotatable bonds is 10. The molecule has 0 bridgehead atoms. The molecule has 0 aromatic heterocycles. The van der Waals surface area contributed by atoms with E-state index in [9.17, 15) is 4.79 Å². The Morgan fingerprint density at radius 2 is 1.47 bits per heavy atom. The summed E-state index contributed by atoms with van der Waals surface area (Å²) >= 11 is 0. The van der Waals surface area contributed by atoms with Crippen LogP contribution in [-0.2, 0) is 4.74 Å². The SMILES string of the molecule is CCCCC[C@H]1CC[C@H](c2ccc(-c3ccc(C(=O)OC4CCC(CCC)CC4)cc3)c(F)c2)CC1. The molecule has 3 heteroatoms. The maximum absolute atomic E-state index is 15.1. The van der Waals surface area contributed by atoms with Gasteiger partial charge in [-0.25, -0.2) is 9.18 Å². The number of hydrogen-bond acceptors (Lipinski definition) is 2. The van der Waals surface area contributed by atoms with Gasteiger partial charge in [-0.1, -0.05) is 76.6 Å². The zero-order chi connectivity index (χ0) is 25.3. The molecule has 2 aromatic rings. The molecule has 0 aliphatic heterocycles. The molecular formula is C33H45FO2. The summed E-state index contributed by atoms with van der Waals surface area (Å²) in [5.41, 5.74) is 3.08. The van der Waals surface area contributed by atoms with Gasteiger partial charge in [0.2, 0.25) is 0 Å². The van der Waals surface area contributed by atoms with Crippen molar-refractivity contribution in [1.82, 2.24) is 0 Å². The molecule has 2 aliphatic rings. The molecule has 196 valence electrons. The molecule has 0 radical (unpaired) electrons. The highest BCUT2D eigenvalue weighted by Gasteiger charge is 2.25. The first kappa shape index (κ1) is 26.9. The first-order valence-corrected chi connectivity index (χ1v) is 14.7. The number of ether oxygens (including phenoxy) is 1. The molecule has 4 rings (SSSR count). The van der Waals surface area contributed by atoms with E-state index in [1.54, 1.807) is 18.2 Å². The molecule has 36 heavy (non-hydrogen) atoms. The molecule has 0 heterocycles. The van der Waals surface area contributed by atoms with Crippen LogP contribution in [-0.4, -0.2) is 12.1 Å². The Bertz CT molecular complexity index is 950. The summed E-state index contributed by atoms with van der Waals surface area (Å²) in [5.74, 6) is 1.69. The van der Waals surface area contributed by atoms with E-state index in [1.165, 1.54) is 64.2 Å². The van der Waals surface area contributed by atoms with E-state index >= 15 is 4.39 Å². The third kappa shape index (κ3) is 7.20. The predicted molar refractivity (Wildman–Crippen MR) is 147 cm³/mol. The highest BCUT2D eigenvalue weighted by Crippen LogP contribution is 2.39. The largest absolute Gasteiger partial charge is 0.459 e. The summed E-state index contributed by atoms with van der Waals surface area (Å²) < 4.78 is 20.9. The van der Waals surface area contributed by atoms with Crippen LogP contribution in [0.2, 0.25) is 0 Å². The van der Waals surface area contributed by atoms with Crippen LogP contribution < -0.4 is 0 Å². The summed E-state index contributed by atoms with van der Waals surface area (Å²) in [5, 5.41) is 0. The van der Waals surface area contributed by atoms with E-state index in [1.807, 2.05) is 18.2 Å². The van der Waals surface area contributed by atoms with Crippen LogP contribution in [0, 0.1) is 17.7 Å². The lowest BCUT2D eigenvalue weighted by atomic mass is 9.77. The van der Waals surface area contributed by atoms with Crippen molar-refractivity contribution in [2.45, 2.75) is 116 Å². The highest BCUT2D eigenvalue weighted by atomic mass is 19.1. The van der Waals surface area contributed by atoms with Crippen LogP contribution in [0.15, 0.2) is 42.5 Å². The summed E-state index contributed by atoms with van der Waals surface area (Å²) in [6.07, 6.45) is 17.0. The lowest BCUT2D eigenvalue weighted by molar-refractivity contribution is 0.0161. The lowest BCUT2D eigenvalue weighted by Gasteiger charge is -2.29. The van der Waals surface area contributed by atoms with Crippen molar-refractivity contribution in [1.29, 1.82) is 0 Å². The zero-order valence-electron chi connectivity index (χ0n) is 22.4. The standard InChI is InChI=1S/C33H45FO2/c1-3-5-6-8-25-9-13-26(14-10-25)29-19-22-31(32(34)23-29)27-15-17-28(18-16-27)33(35)36-30-20-11-24(7-4-2)12-21-30/h15-19,22-26,30H,3-14,20-21H2,1-2H3/t24?,25-,26-,30?. The molecule has 2 aromatic carbocycles. The Hall–Kier alpha value is -2.16. The van der Waals surface area contributed by atoms with E-state index in [0.29, 0.717) is 17.0 Å². The highest BCUT2D eigenvalue weighted by molar-refractivity contribution is 5.90. The van der Waals surface area contributed by atoms with Crippen molar-refractivity contribution >= 4 is 5.97 Å². The van der Waals surface area contributed by atoms with Gasteiger partial charge in [-0.2, -0.15) is 0 Å². The fraction of sp³-hybridized carbons (Fsp3) is 0.606. The maximum Gasteiger partial charge on any atom is 0.338 e. The molecule has 0 atom stereocenters. The zero-order valence-corrected chi connectivity index (χ0v) is 22.4. The van der Waals surface area contributed by atoms with Crippen molar-refractivity contribution in [2.24, 2.45) is 11.8 Å². The number of halogens is 1. The van der Waals surface area contributed by atoms with Gasteiger partial charge >= 0.3 is 5.97 Å². The number of hydrogen-bond donors (Lipinski definition) is 0. The van der Waals surface area contributed by atoms with Crippen LogP contribution in [0.25, 0.3) is 11.1 Å². The minimum atomic E-state index is -0.262. The Labute approximate surface area is 218 Å². The van der Waals surface area contributed by atoms with Gasteiger partial charge in [0, 0.05) is 5.56 Å². The Morgan fingerprint density at radius 1 is 0.806 bits per heavy atom. The fourth-order valence-electron chi connectivity index (χ4n) is 6.44. The van der Waals surface area contributed by atoms with Gasteiger partial charge in [0.15, 0.2) is 0 Å². The molecule has 2 saturated carbocycles. The summed E-state index contributed by atoms with van der Waals surface area (Å²) in [7, 11) is 0. The minimum Gasteiger partial charge on any atom is -0.459 e. The fourth-order valence-corrected chi connectivity index (χ4v) is 6.44. The van der Waals surface area contributed by atoms with Crippen LogP contribution >= 0.6 is 0 Å². The Morgan fingerprint density at radius 3 is 2.11 bits per heavy atom. The predicted octanol–water partition coefficient (Wildman–Crippen LogP) is 9.86.